The van der Waals surface area contributed by atoms with Gasteiger partial charge in [-0.3, -0.25) is 9.69 Å². The predicted octanol–water partition coefficient (Wildman–Crippen LogP) is 4.25. The van der Waals surface area contributed by atoms with Gasteiger partial charge in [-0.05, 0) is 63.0 Å². The highest BCUT2D eigenvalue weighted by Gasteiger charge is 2.22. The Morgan fingerprint density at radius 1 is 1.10 bits per heavy atom. The van der Waals surface area contributed by atoms with Gasteiger partial charge in [-0.2, -0.15) is 0 Å². The van der Waals surface area contributed by atoms with Crippen LogP contribution in [0.1, 0.15) is 26.3 Å². The molecule has 0 fully saturated rings. The Bertz CT molecular complexity index is 1050. The van der Waals surface area contributed by atoms with Crippen LogP contribution in [0.25, 0.3) is 10.2 Å². The first-order valence-corrected chi connectivity index (χ1v) is 10.2. The monoisotopic (exact) mass is 431 g/mol. The Balaban J connectivity index is 1.97. The molecule has 1 heterocycles. The lowest BCUT2D eigenvalue weighted by Gasteiger charge is -2.22. The van der Waals surface area contributed by atoms with Gasteiger partial charge in [0.15, 0.2) is 5.13 Å². The van der Waals surface area contributed by atoms with Crippen LogP contribution in [-0.4, -0.2) is 56.1 Å². The summed E-state index contributed by atoms with van der Waals surface area (Å²) in [6, 6.07) is 10.2. The van der Waals surface area contributed by atoms with Gasteiger partial charge in [-0.25, -0.2) is 9.78 Å². The number of methoxy groups -OCH3 is 1. The van der Waals surface area contributed by atoms with E-state index in [1.807, 2.05) is 38.1 Å². The van der Waals surface area contributed by atoms with Crippen LogP contribution in [0, 0.1) is 6.92 Å². The number of halogens is 1. The zero-order valence-electron chi connectivity index (χ0n) is 16.7. The van der Waals surface area contributed by atoms with E-state index < -0.39 is 5.97 Å². The summed E-state index contributed by atoms with van der Waals surface area (Å²) in [5.74, 6) is -0.613. The number of thiazole rings is 1. The molecule has 2 aromatic carbocycles. The van der Waals surface area contributed by atoms with Gasteiger partial charge in [0, 0.05) is 23.7 Å². The number of rotatable bonds is 6. The molecule has 0 aliphatic rings. The molecular weight excluding hydrogens is 410 g/mol. The molecule has 0 saturated carbocycles. The third-order valence-electron chi connectivity index (χ3n) is 4.44. The molecule has 3 aromatic rings. The molecule has 0 aliphatic heterocycles. The summed E-state index contributed by atoms with van der Waals surface area (Å²) in [7, 11) is 5.23. The number of nitrogens with zero attached hydrogens (tertiary/aromatic N) is 3. The maximum Gasteiger partial charge on any atom is 0.337 e. The first-order valence-electron chi connectivity index (χ1n) is 9.02. The van der Waals surface area contributed by atoms with Gasteiger partial charge in [0.2, 0.25) is 0 Å². The second-order valence-electron chi connectivity index (χ2n) is 6.89. The van der Waals surface area contributed by atoms with E-state index in [2.05, 4.69) is 0 Å². The zero-order valence-corrected chi connectivity index (χ0v) is 18.3. The van der Waals surface area contributed by atoms with Crippen LogP contribution < -0.4 is 4.90 Å². The fourth-order valence-electron chi connectivity index (χ4n) is 2.86. The maximum absolute atomic E-state index is 13.3. The van der Waals surface area contributed by atoms with Crippen molar-refractivity contribution in [2.75, 3.05) is 39.2 Å². The molecule has 3 rings (SSSR count). The van der Waals surface area contributed by atoms with Crippen molar-refractivity contribution in [3.63, 3.8) is 0 Å². The standard InChI is InChI=1S/C21H22ClN3O3S/c1-13-11-16(22)12-17-18(13)23-21(29-17)25(10-9-24(2)3)19(26)14-5-7-15(8-6-14)20(27)28-4/h5-8,11-12H,9-10H2,1-4H3. The fourth-order valence-corrected chi connectivity index (χ4v) is 4.31. The number of hydrogen-bond acceptors (Lipinski definition) is 6. The van der Waals surface area contributed by atoms with E-state index in [4.69, 9.17) is 21.3 Å². The highest BCUT2D eigenvalue weighted by molar-refractivity contribution is 7.22. The van der Waals surface area contributed by atoms with E-state index in [-0.39, 0.29) is 5.91 Å². The molecule has 1 amide bonds. The van der Waals surface area contributed by atoms with Gasteiger partial charge >= 0.3 is 5.97 Å². The van der Waals surface area contributed by atoms with Gasteiger partial charge in [0.05, 0.1) is 22.9 Å². The van der Waals surface area contributed by atoms with E-state index in [1.54, 1.807) is 29.2 Å². The lowest BCUT2D eigenvalue weighted by Crippen LogP contribution is -2.36. The Kier molecular flexibility index (Phi) is 6.52. The van der Waals surface area contributed by atoms with Crippen LogP contribution in [0.4, 0.5) is 5.13 Å². The van der Waals surface area contributed by atoms with Crippen LogP contribution in [0.5, 0.6) is 0 Å². The molecular formula is C21H22ClN3O3S. The number of aryl methyl sites for hydroxylation is 1. The zero-order chi connectivity index (χ0) is 21.1. The van der Waals surface area contributed by atoms with Crippen molar-refractivity contribution in [3.8, 4) is 0 Å². The smallest absolute Gasteiger partial charge is 0.337 e. The largest absolute Gasteiger partial charge is 0.465 e. The lowest BCUT2D eigenvalue weighted by molar-refractivity contribution is 0.0600. The number of amides is 1. The number of hydrogen-bond donors (Lipinski definition) is 0. The predicted molar refractivity (Wildman–Crippen MR) is 117 cm³/mol. The Labute approximate surface area is 178 Å². The molecule has 152 valence electrons. The van der Waals surface area contributed by atoms with Crippen molar-refractivity contribution in [1.82, 2.24) is 9.88 Å². The van der Waals surface area contributed by atoms with Crippen molar-refractivity contribution in [3.05, 3.63) is 58.1 Å². The van der Waals surface area contributed by atoms with Gasteiger partial charge in [-0.15, -0.1) is 0 Å². The molecule has 0 spiro atoms. The van der Waals surface area contributed by atoms with E-state index in [9.17, 15) is 9.59 Å². The van der Waals surface area contributed by atoms with Gasteiger partial charge in [0.1, 0.15) is 0 Å². The summed E-state index contributed by atoms with van der Waals surface area (Å²) in [5, 5.41) is 1.27. The van der Waals surface area contributed by atoms with Crippen molar-refractivity contribution in [2.45, 2.75) is 6.92 Å². The van der Waals surface area contributed by atoms with Crippen LogP contribution in [-0.2, 0) is 4.74 Å². The number of fused-ring (bicyclic) bond motifs is 1. The van der Waals surface area contributed by atoms with Crippen molar-refractivity contribution < 1.29 is 14.3 Å². The summed E-state index contributed by atoms with van der Waals surface area (Å²) in [5.41, 5.74) is 2.69. The maximum atomic E-state index is 13.3. The highest BCUT2D eigenvalue weighted by Crippen LogP contribution is 2.33. The Hall–Kier alpha value is -2.48. The number of carbonyl (C=O) groups excluding carboxylic acids is 2. The summed E-state index contributed by atoms with van der Waals surface area (Å²) in [6.07, 6.45) is 0. The summed E-state index contributed by atoms with van der Waals surface area (Å²) in [6.45, 7) is 3.12. The van der Waals surface area contributed by atoms with Gasteiger partial charge < -0.3 is 9.64 Å². The fraction of sp³-hybridized carbons (Fsp3) is 0.286. The number of carbonyl (C=O) groups is 2. The molecule has 0 radical (unpaired) electrons. The van der Waals surface area contributed by atoms with E-state index in [1.165, 1.54) is 18.4 Å². The second-order valence-corrected chi connectivity index (χ2v) is 8.34. The average Bonchev–Trinajstić information content (AvgIpc) is 3.11. The molecule has 0 N–H and O–H groups in total. The summed E-state index contributed by atoms with van der Waals surface area (Å²) >= 11 is 7.62. The number of likely N-dealkylation sites (N-methyl/N-ethyl adjacent to an activating group) is 1. The van der Waals surface area contributed by atoms with Crippen LogP contribution in [0.2, 0.25) is 5.02 Å². The molecule has 0 unspecified atom stereocenters. The van der Waals surface area contributed by atoms with Gasteiger partial charge in [-0.1, -0.05) is 22.9 Å². The molecule has 1 aromatic heterocycles. The summed E-state index contributed by atoms with van der Waals surface area (Å²) < 4.78 is 5.65. The van der Waals surface area contributed by atoms with E-state index in [0.717, 1.165) is 15.8 Å². The van der Waals surface area contributed by atoms with Crippen LogP contribution >= 0.6 is 22.9 Å². The number of ether oxygens (including phenoxy) is 1. The number of anilines is 1. The quantitative estimate of drug-likeness (QED) is 0.546. The van der Waals surface area contributed by atoms with Crippen molar-refractivity contribution >= 4 is 50.2 Å². The number of benzene rings is 2. The molecule has 6 nitrogen and oxygen atoms in total. The minimum atomic E-state index is -0.438. The van der Waals surface area contributed by atoms with E-state index >= 15 is 0 Å². The molecule has 0 atom stereocenters. The molecule has 0 saturated heterocycles. The first kappa shape index (κ1) is 21.2. The van der Waals surface area contributed by atoms with E-state index in [0.29, 0.717) is 34.4 Å². The Morgan fingerprint density at radius 2 is 1.76 bits per heavy atom. The number of esters is 1. The lowest BCUT2D eigenvalue weighted by atomic mass is 10.1. The molecule has 0 bridgehead atoms. The minimum absolute atomic E-state index is 0.175. The average molecular weight is 432 g/mol. The molecule has 8 heteroatoms. The highest BCUT2D eigenvalue weighted by atomic mass is 35.5. The molecule has 0 aliphatic carbocycles. The minimum Gasteiger partial charge on any atom is -0.465 e. The second kappa shape index (κ2) is 8.90. The van der Waals surface area contributed by atoms with Crippen LogP contribution in [0.3, 0.4) is 0 Å². The SMILES string of the molecule is COC(=O)c1ccc(C(=O)N(CCN(C)C)c2nc3c(C)cc(Cl)cc3s2)cc1. The molecule has 29 heavy (non-hydrogen) atoms. The van der Waals surface area contributed by atoms with Crippen LogP contribution in [0.15, 0.2) is 36.4 Å². The topological polar surface area (TPSA) is 62.7 Å². The normalized spacial score (nSPS) is 11.1. The number of aromatic nitrogens is 1. The Morgan fingerprint density at radius 3 is 2.38 bits per heavy atom. The third-order valence-corrected chi connectivity index (χ3v) is 5.68. The summed E-state index contributed by atoms with van der Waals surface area (Å²) in [4.78, 5) is 33.3. The van der Waals surface area contributed by atoms with Crippen molar-refractivity contribution in [1.29, 1.82) is 0 Å². The third kappa shape index (κ3) is 4.75. The first-order chi connectivity index (χ1) is 13.8. The van der Waals surface area contributed by atoms with Crippen molar-refractivity contribution in [2.24, 2.45) is 0 Å². The van der Waals surface area contributed by atoms with Gasteiger partial charge in [0.25, 0.3) is 5.91 Å².